The number of anilines is 1. The number of para-hydroxylation sites is 1. The maximum Gasteiger partial charge on any atom is 0.252 e. The van der Waals surface area contributed by atoms with Gasteiger partial charge in [-0.1, -0.05) is 23.5 Å². The molecule has 0 spiro atoms. The Kier molecular flexibility index (Phi) is 6.13. The molecule has 2 heterocycles. The number of thiophene rings is 1. The number of rotatable bonds is 7. The van der Waals surface area contributed by atoms with Crippen molar-refractivity contribution in [3.63, 3.8) is 0 Å². The first-order valence-corrected chi connectivity index (χ1v) is 9.97. The van der Waals surface area contributed by atoms with E-state index in [4.69, 9.17) is 0 Å². The molecule has 26 heavy (non-hydrogen) atoms. The summed E-state index contributed by atoms with van der Waals surface area (Å²) < 4.78 is 14.7. The standard InChI is InChI=1S/C19H20FN3OS2/c1-22(2)11-5-12-23(17(24)10-9-14-6-4-13-25-14)19-21-18-15(20)7-3-8-16(18)26-19/h3-4,6-10,13H,5,11-12H2,1-2H3. The van der Waals surface area contributed by atoms with E-state index in [1.54, 1.807) is 34.5 Å². The minimum absolute atomic E-state index is 0.142. The summed E-state index contributed by atoms with van der Waals surface area (Å²) >= 11 is 2.91. The Hall–Kier alpha value is -2.09. The van der Waals surface area contributed by atoms with Crippen molar-refractivity contribution in [1.82, 2.24) is 9.88 Å². The van der Waals surface area contributed by atoms with Crippen molar-refractivity contribution in [3.8, 4) is 0 Å². The summed E-state index contributed by atoms with van der Waals surface area (Å²) in [5, 5.41) is 2.50. The van der Waals surface area contributed by atoms with Gasteiger partial charge in [-0.25, -0.2) is 9.37 Å². The molecule has 0 N–H and O–H groups in total. The summed E-state index contributed by atoms with van der Waals surface area (Å²) in [7, 11) is 3.99. The average molecular weight is 390 g/mol. The van der Waals surface area contributed by atoms with E-state index in [1.807, 2.05) is 37.7 Å². The number of hydrogen-bond acceptors (Lipinski definition) is 5. The highest BCUT2D eigenvalue weighted by Crippen LogP contribution is 2.30. The minimum atomic E-state index is -0.361. The molecule has 0 saturated heterocycles. The van der Waals surface area contributed by atoms with Crippen molar-refractivity contribution in [2.45, 2.75) is 6.42 Å². The number of fused-ring (bicyclic) bond motifs is 1. The van der Waals surface area contributed by atoms with Gasteiger partial charge in [0.2, 0.25) is 0 Å². The molecule has 0 atom stereocenters. The zero-order chi connectivity index (χ0) is 18.5. The normalized spacial score (nSPS) is 11.7. The first-order valence-electron chi connectivity index (χ1n) is 8.27. The number of hydrogen-bond donors (Lipinski definition) is 0. The van der Waals surface area contributed by atoms with Crippen LogP contribution < -0.4 is 4.90 Å². The maximum atomic E-state index is 14.0. The molecule has 7 heteroatoms. The fourth-order valence-corrected chi connectivity index (χ4v) is 4.12. The van der Waals surface area contributed by atoms with E-state index in [1.165, 1.54) is 17.4 Å². The largest absolute Gasteiger partial charge is 0.309 e. The van der Waals surface area contributed by atoms with Crippen LogP contribution in [-0.2, 0) is 4.79 Å². The Bertz CT molecular complexity index is 903. The third kappa shape index (κ3) is 4.55. The summed E-state index contributed by atoms with van der Waals surface area (Å²) in [5.41, 5.74) is 0.320. The molecule has 0 unspecified atom stereocenters. The van der Waals surface area contributed by atoms with Gasteiger partial charge in [-0.15, -0.1) is 11.3 Å². The van der Waals surface area contributed by atoms with Crippen molar-refractivity contribution in [1.29, 1.82) is 0 Å². The molecule has 136 valence electrons. The lowest BCUT2D eigenvalue weighted by Gasteiger charge is -2.19. The third-order valence-electron chi connectivity index (χ3n) is 3.78. The molecular weight excluding hydrogens is 369 g/mol. The summed E-state index contributed by atoms with van der Waals surface area (Å²) in [6.45, 7) is 1.39. The molecule has 3 aromatic rings. The first kappa shape index (κ1) is 18.7. The number of amides is 1. The SMILES string of the molecule is CN(C)CCCN(C(=O)C=Cc1cccs1)c1nc2c(F)cccc2s1. The van der Waals surface area contributed by atoms with Crippen molar-refractivity contribution in [3.05, 3.63) is 52.5 Å². The van der Waals surface area contributed by atoms with Crippen molar-refractivity contribution >= 4 is 50.0 Å². The molecule has 0 radical (unpaired) electrons. The second-order valence-electron chi connectivity index (χ2n) is 6.08. The Balaban J connectivity index is 1.85. The first-order chi connectivity index (χ1) is 12.5. The third-order valence-corrected chi connectivity index (χ3v) is 5.66. The lowest BCUT2D eigenvalue weighted by atomic mass is 10.3. The second-order valence-corrected chi connectivity index (χ2v) is 8.07. The van der Waals surface area contributed by atoms with E-state index >= 15 is 0 Å². The quantitative estimate of drug-likeness (QED) is 0.559. The van der Waals surface area contributed by atoms with Crippen molar-refractivity contribution < 1.29 is 9.18 Å². The number of carbonyl (C=O) groups excluding carboxylic acids is 1. The molecule has 1 amide bonds. The fraction of sp³-hybridized carbons (Fsp3) is 0.263. The van der Waals surface area contributed by atoms with Crippen LogP contribution in [0.3, 0.4) is 0 Å². The van der Waals surface area contributed by atoms with E-state index in [0.717, 1.165) is 22.5 Å². The highest BCUT2D eigenvalue weighted by molar-refractivity contribution is 7.22. The average Bonchev–Trinajstić information content (AvgIpc) is 3.26. The van der Waals surface area contributed by atoms with Gasteiger partial charge in [0.1, 0.15) is 11.3 Å². The van der Waals surface area contributed by atoms with Crippen LogP contribution in [0.25, 0.3) is 16.3 Å². The van der Waals surface area contributed by atoms with Gasteiger partial charge >= 0.3 is 0 Å². The number of carbonyl (C=O) groups is 1. The molecule has 0 aliphatic carbocycles. The van der Waals surface area contributed by atoms with E-state index in [2.05, 4.69) is 9.88 Å². The van der Waals surface area contributed by atoms with E-state index < -0.39 is 0 Å². The van der Waals surface area contributed by atoms with Crippen LogP contribution in [0, 0.1) is 5.82 Å². The van der Waals surface area contributed by atoms with Crippen LogP contribution in [0.4, 0.5) is 9.52 Å². The molecular formula is C19H20FN3OS2. The molecule has 0 fully saturated rings. The van der Waals surface area contributed by atoms with Gasteiger partial charge in [-0.05, 0) is 56.7 Å². The molecule has 2 aromatic heterocycles. The zero-order valence-corrected chi connectivity index (χ0v) is 16.3. The summed E-state index contributed by atoms with van der Waals surface area (Å²) in [6.07, 6.45) is 4.17. The molecule has 0 bridgehead atoms. The Labute approximate surface area is 160 Å². The van der Waals surface area contributed by atoms with Crippen LogP contribution in [0.15, 0.2) is 41.8 Å². The Morgan fingerprint density at radius 2 is 2.08 bits per heavy atom. The number of halogens is 1. The summed E-state index contributed by atoms with van der Waals surface area (Å²) in [5.74, 6) is -0.503. The predicted octanol–water partition coefficient (Wildman–Crippen LogP) is 4.50. The van der Waals surface area contributed by atoms with Crippen LogP contribution >= 0.6 is 22.7 Å². The molecule has 0 aliphatic rings. The number of thiazole rings is 1. The monoisotopic (exact) mass is 389 g/mol. The molecule has 1 aromatic carbocycles. The lowest BCUT2D eigenvalue weighted by Crippen LogP contribution is -2.32. The van der Waals surface area contributed by atoms with Gasteiger partial charge in [0, 0.05) is 17.5 Å². The van der Waals surface area contributed by atoms with Gasteiger partial charge in [-0.3, -0.25) is 9.69 Å². The van der Waals surface area contributed by atoms with Gasteiger partial charge in [0.25, 0.3) is 5.91 Å². The predicted molar refractivity (Wildman–Crippen MR) is 108 cm³/mol. The van der Waals surface area contributed by atoms with Gasteiger partial charge in [0.05, 0.1) is 4.70 Å². The van der Waals surface area contributed by atoms with Gasteiger partial charge < -0.3 is 4.90 Å². The Morgan fingerprint density at radius 1 is 1.23 bits per heavy atom. The van der Waals surface area contributed by atoms with Crippen LogP contribution in [0.2, 0.25) is 0 Å². The second kappa shape index (κ2) is 8.53. The summed E-state index contributed by atoms with van der Waals surface area (Å²) in [6, 6.07) is 8.77. The highest BCUT2D eigenvalue weighted by Gasteiger charge is 2.19. The van der Waals surface area contributed by atoms with Crippen molar-refractivity contribution in [2.24, 2.45) is 0 Å². The minimum Gasteiger partial charge on any atom is -0.309 e. The lowest BCUT2D eigenvalue weighted by molar-refractivity contribution is -0.114. The number of benzene rings is 1. The highest BCUT2D eigenvalue weighted by atomic mass is 32.1. The molecule has 0 aliphatic heterocycles. The van der Waals surface area contributed by atoms with E-state index in [9.17, 15) is 9.18 Å². The molecule has 3 rings (SSSR count). The van der Waals surface area contributed by atoms with Crippen LogP contribution in [-0.4, -0.2) is 43.0 Å². The molecule has 4 nitrogen and oxygen atoms in total. The zero-order valence-electron chi connectivity index (χ0n) is 14.7. The van der Waals surface area contributed by atoms with E-state index in [0.29, 0.717) is 17.2 Å². The fourth-order valence-electron chi connectivity index (χ4n) is 2.49. The van der Waals surface area contributed by atoms with Gasteiger partial charge in [0.15, 0.2) is 5.13 Å². The Morgan fingerprint density at radius 3 is 2.77 bits per heavy atom. The van der Waals surface area contributed by atoms with Gasteiger partial charge in [-0.2, -0.15) is 0 Å². The summed E-state index contributed by atoms with van der Waals surface area (Å²) in [4.78, 5) is 21.9. The van der Waals surface area contributed by atoms with E-state index in [-0.39, 0.29) is 11.7 Å². The number of aromatic nitrogens is 1. The topological polar surface area (TPSA) is 36.4 Å². The van der Waals surface area contributed by atoms with Crippen LogP contribution in [0.5, 0.6) is 0 Å². The maximum absolute atomic E-state index is 14.0. The molecule has 0 saturated carbocycles. The van der Waals surface area contributed by atoms with Crippen LogP contribution in [0.1, 0.15) is 11.3 Å². The number of nitrogens with zero attached hydrogens (tertiary/aromatic N) is 3. The smallest absolute Gasteiger partial charge is 0.252 e. The van der Waals surface area contributed by atoms with Crippen molar-refractivity contribution in [2.75, 3.05) is 32.1 Å².